The monoisotopic (exact) mass is 230 g/mol. The highest BCUT2D eigenvalue weighted by Crippen LogP contribution is 2.18. The Labute approximate surface area is 99.2 Å². The summed E-state index contributed by atoms with van der Waals surface area (Å²) in [6, 6.07) is 6.94. The molecule has 2 rings (SSSR count). The van der Waals surface area contributed by atoms with Gasteiger partial charge in [0.05, 0.1) is 4.86 Å². The molecule has 0 amide bonds. The van der Waals surface area contributed by atoms with Crippen LogP contribution in [0.15, 0.2) is 48.3 Å². The summed E-state index contributed by atoms with van der Waals surface area (Å²) in [7, 11) is 0. The van der Waals surface area contributed by atoms with Crippen molar-refractivity contribution in [2.75, 3.05) is 0 Å². The lowest BCUT2D eigenvalue weighted by molar-refractivity contribution is 0.112. The van der Waals surface area contributed by atoms with Crippen LogP contribution in [0.3, 0.4) is 0 Å². The van der Waals surface area contributed by atoms with E-state index in [1.807, 2.05) is 18.2 Å². The molecule has 1 aliphatic carbocycles. The fraction of sp³-hybridized carbons (Fsp3) is 0.0769. The molecule has 0 atom stereocenters. The van der Waals surface area contributed by atoms with Gasteiger partial charge in [0.1, 0.15) is 17.8 Å². The quantitative estimate of drug-likeness (QED) is 0.589. The van der Waals surface area contributed by atoms with Crippen LogP contribution in [-0.4, -0.2) is 11.2 Å². The van der Waals surface area contributed by atoms with E-state index in [1.54, 1.807) is 24.3 Å². The fourth-order valence-corrected chi connectivity index (χ4v) is 1.56. The lowest BCUT2D eigenvalue weighted by Gasteiger charge is -2.12. The first-order chi connectivity index (χ1) is 7.79. The van der Waals surface area contributed by atoms with E-state index in [4.69, 9.17) is 17.0 Å². The predicted molar refractivity (Wildman–Crippen MR) is 66.9 cm³/mol. The van der Waals surface area contributed by atoms with Gasteiger partial charge in [-0.3, -0.25) is 4.79 Å². The minimum absolute atomic E-state index is 0.632. The first-order valence-electron chi connectivity index (χ1n) is 4.93. The average Bonchev–Trinajstić information content (AvgIpc) is 2.33. The van der Waals surface area contributed by atoms with E-state index < -0.39 is 0 Å². The van der Waals surface area contributed by atoms with Crippen molar-refractivity contribution in [3.63, 3.8) is 0 Å². The molecule has 0 saturated heterocycles. The minimum Gasteiger partial charge on any atom is -0.456 e. The van der Waals surface area contributed by atoms with Gasteiger partial charge in [-0.15, -0.1) is 0 Å². The van der Waals surface area contributed by atoms with Crippen LogP contribution in [0.4, 0.5) is 0 Å². The number of thiocarbonyl (C=S) groups is 1. The maximum absolute atomic E-state index is 10.5. The number of benzene rings is 1. The zero-order chi connectivity index (χ0) is 11.4. The molecular formula is C13H10O2S. The summed E-state index contributed by atoms with van der Waals surface area (Å²) < 4.78 is 5.62. The molecule has 0 fully saturated rings. The molecule has 0 aliphatic heterocycles. The zero-order valence-electron chi connectivity index (χ0n) is 8.55. The highest BCUT2D eigenvalue weighted by Gasteiger charge is 2.08. The van der Waals surface area contributed by atoms with Gasteiger partial charge in [-0.2, -0.15) is 0 Å². The second-order valence-corrected chi connectivity index (χ2v) is 3.87. The van der Waals surface area contributed by atoms with Crippen LogP contribution in [0, 0.1) is 0 Å². The normalized spacial score (nSPS) is 14.5. The largest absolute Gasteiger partial charge is 0.456 e. The Hall–Kier alpha value is -1.74. The summed E-state index contributed by atoms with van der Waals surface area (Å²) in [5.41, 5.74) is 0.632. The topological polar surface area (TPSA) is 26.3 Å². The lowest BCUT2D eigenvalue weighted by Crippen LogP contribution is -2.07. The van der Waals surface area contributed by atoms with E-state index >= 15 is 0 Å². The number of carbonyl (C=O) groups is 1. The molecule has 3 heteroatoms. The molecule has 0 aromatic heterocycles. The Balaban J connectivity index is 2.14. The van der Waals surface area contributed by atoms with Crippen molar-refractivity contribution >= 4 is 23.4 Å². The summed E-state index contributed by atoms with van der Waals surface area (Å²) in [6.45, 7) is 0. The van der Waals surface area contributed by atoms with Crippen molar-refractivity contribution < 1.29 is 9.53 Å². The number of ether oxygens (including phenoxy) is 1. The van der Waals surface area contributed by atoms with Gasteiger partial charge in [-0.05, 0) is 30.3 Å². The summed E-state index contributed by atoms with van der Waals surface area (Å²) in [5.74, 6) is 1.39. The van der Waals surface area contributed by atoms with Gasteiger partial charge in [0, 0.05) is 12.0 Å². The number of carbonyl (C=O) groups excluding carboxylic acids is 1. The maximum Gasteiger partial charge on any atom is 0.150 e. The number of allylic oxidation sites excluding steroid dienone is 4. The van der Waals surface area contributed by atoms with E-state index in [0.29, 0.717) is 17.1 Å². The first-order valence-corrected chi connectivity index (χ1v) is 5.33. The molecule has 1 aromatic rings. The van der Waals surface area contributed by atoms with Gasteiger partial charge >= 0.3 is 0 Å². The number of hydrogen-bond donors (Lipinski definition) is 0. The van der Waals surface area contributed by atoms with Gasteiger partial charge in [-0.1, -0.05) is 24.4 Å². The van der Waals surface area contributed by atoms with Crippen molar-refractivity contribution in [2.45, 2.75) is 6.42 Å². The Morgan fingerprint density at radius 2 is 2.00 bits per heavy atom. The van der Waals surface area contributed by atoms with Crippen LogP contribution in [0.5, 0.6) is 5.75 Å². The van der Waals surface area contributed by atoms with Crippen LogP contribution in [0.2, 0.25) is 0 Å². The van der Waals surface area contributed by atoms with E-state index in [2.05, 4.69) is 0 Å². The molecule has 0 unspecified atom stereocenters. The molecule has 80 valence electrons. The van der Waals surface area contributed by atoms with Gasteiger partial charge in [0.2, 0.25) is 0 Å². The molecule has 0 radical (unpaired) electrons. The highest BCUT2D eigenvalue weighted by atomic mass is 32.1. The molecule has 0 N–H and O–H groups in total. The van der Waals surface area contributed by atoms with Gasteiger partial charge in [-0.25, -0.2) is 0 Å². The van der Waals surface area contributed by atoms with Gasteiger partial charge in [0.15, 0.2) is 0 Å². The Morgan fingerprint density at radius 1 is 1.25 bits per heavy atom. The maximum atomic E-state index is 10.5. The second-order valence-electron chi connectivity index (χ2n) is 3.38. The number of rotatable bonds is 3. The molecule has 1 aromatic carbocycles. The number of hydrogen-bond acceptors (Lipinski definition) is 3. The van der Waals surface area contributed by atoms with Crippen LogP contribution in [-0.2, 0) is 0 Å². The van der Waals surface area contributed by atoms with Crippen molar-refractivity contribution in [3.8, 4) is 5.75 Å². The summed E-state index contributed by atoms with van der Waals surface area (Å²) in [6.07, 6.45) is 7.31. The predicted octanol–water partition coefficient (Wildman–Crippen LogP) is 3.09. The fourth-order valence-electron chi connectivity index (χ4n) is 1.36. The second kappa shape index (κ2) is 4.86. The number of aldehydes is 1. The molecular weight excluding hydrogens is 220 g/mol. The molecule has 0 bridgehead atoms. The lowest BCUT2D eigenvalue weighted by atomic mass is 10.1. The molecule has 0 heterocycles. The molecule has 2 nitrogen and oxygen atoms in total. The summed E-state index contributed by atoms with van der Waals surface area (Å²) in [4.78, 5) is 11.3. The highest BCUT2D eigenvalue weighted by molar-refractivity contribution is 7.80. The third-order valence-electron chi connectivity index (χ3n) is 2.21. The third-order valence-corrected chi connectivity index (χ3v) is 2.57. The molecule has 1 aliphatic rings. The summed E-state index contributed by atoms with van der Waals surface area (Å²) in [5, 5.41) is 0. The molecule has 16 heavy (non-hydrogen) atoms. The van der Waals surface area contributed by atoms with Gasteiger partial charge < -0.3 is 4.74 Å². The van der Waals surface area contributed by atoms with Gasteiger partial charge in [0.25, 0.3) is 0 Å². The Kier molecular flexibility index (Phi) is 3.27. The average molecular weight is 230 g/mol. The Bertz CT molecular complexity index is 469. The van der Waals surface area contributed by atoms with Crippen molar-refractivity contribution in [3.05, 3.63) is 53.8 Å². The first kappa shape index (κ1) is 10.8. The van der Waals surface area contributed by atoms with Crippen LogP contribution >= 0.6 is 12.2 Å². The SMILES string of the molecule is O=Cc1ccc(OC2=CC=CCC2=S)cc1. The van der Waals surface area contributed by atoms with E-state index in [-0.39, 0.29) is 0 Å². The standard InChI is InChI=1S/C13H10O2S/c14-9-10-5-7-11(8-6-10)15-12-3-1-2-4-13(12)16/h1-3,5-9H,4H2. The van der Waals surface area contributed by atoms with Crippen molar-refractivity contribution in [2.24, 2.45) is 0 Å². The Morgan fingerprint density at radius 3 is 2.62 bits per heavy atom. The third kappa shape index (κ3) is 2.44. The van der Waals surface area contributed by atoms with E-state index in [9.17, 15) is 4.79 Å². The van der Waals surface area contributed by atoms with Crippen LogP contribution in [0.1, 0.15) is 16.8 Å². The van der Waals surface area contributed by atoms with Crippen molar-refractivity contribution in [1.82, 2.24) is 0 Å². The van der Waals surface area contributed by atoms with E-state index in [0.717, 1.165) is 17.6 Å². The van der Waals surface area contributed by atoms with Crippen LogP contribution < -0.4 is 4.74 Å². The van der Waals surface area contributed by atoms with Crippen molar-refractivity contribution in [1.29, 1.82) is 0 Å². The molecule has 0 saturated carbocycles. The zero-order valence-corrected chi connectivity index (χ0v) is 9.37. The van der Waals surface area contributed by atoms with E-state index in [1.165, 1.54) is 0 Å². The summed E-state index contributed by atoms with van der Waals surface area (Å²) >= 11 is 5.17. The minimum atomic E-state index is 0.632. The smallest absolute Gasteiger partial charge is 0.150 e. The van der Waals surface area contributed by atoms with Crippen LogP contribution in [0.25, 0.3) is 0 Å². The molecule has 0 spiro atoms.